The van der Waals surface area contributed by atoms with E-state index in [1.807, 2.05) is 59.2 Å². The standard InChI is InChI=1S/C16H15N3O/c1-17-15(20)11-19-14-10-6-5-9-13(14)18-16(19)12-7-3-2-4-8-12/h2-10H,11H2,1H3,(H,17,20). The number of likely N-dealkylation sites (N-methyl/N-ethyl adjacent to an activating group) is 1. The topological polar surface area (TPSA) is 46.9 Å². The van der Waals surface area contributed by atoms with Crippen LogP contribution in [-0.4, -0.2) is 22.5 Å². The molecule has 0 aliphatic rings. The average Bonchev–Trinajstić information content (AvgIpc) is 2.87. The van der Waals surface area contributed by atoms with E-state index in [0.717, 1.165) is 22.4 Å². The number of carbonyl (C=O) groups excluding carboxylic acids is 1. The minimum Gasteiger partial charge on any atom is -0.358 e. The molecule has 0 bridgehead atoms. The molecule has 0 saturated carbocycles. The number of aromatic nitrogens is 2. The molecule has 0 fully saturated rings. The van der Waals surface area contributed by atoms with Gasteiger partial charge in [0, 0.05) is 12.6 Å². The van der Waals surface area contributed by atoms with E-state index in [-0.39, 0.29) is 12.5 Å². The summed E-state index contributed by atoms with van der Waals surface area (Å²) < 4.78 is 1.95. The first-order valence-electron chi connectivity index (χ1n) is 6.51. The Morgan fingerprint density at radius 2 is 1.80 bits per heavy atom. The van der Waals surface area contributed by atoms with Crippen LogP contribution in [0, 0.1) is 0 Å². The first-order valence-corrected chi connectivity index (χ1v) is 6.51. The molecule has 3 rings (SSSR count). The SMILES string of the molecule is CNC(=O)Cn1c(-c2ccccc2)nc2ccccc21. The summed E-state index contributed by atoms with van der Waals surface area (Å²) in [4.78, 5) is 16.4. The summed E-state index contributed by atoms with van der Waals surface area (Å²) in [7, 11) is 1.64. The number of hydrogen-bond acceptors (Lipinski definition) is 2. The zero-order chi connectivity index (χ0) is 13.9. The van der Waals surface area contributed by atoms with Gasteiger partial charge in [0.2, 0.25) is 5.91 Å². The number of imidazole rings is 1. The molecule has 0 aliphatic heterocycles. The molecule has 20 heavy (non-hydrogen) atoms. The second-order valence-corrected chi connectivity index (χ2v) is 4.55. The summed E-state index contributed by atoms with van der Waals surface area (Å²) >= 11 is 0. The monoisotopic (exact) mass is 265 g/mol. The number of amides is 1. The van der Waals surface area contributed by atoms with Crippen molar-refractivity contribution in [3.05, 3.63) is 54.6 Å². The Morgan fingerprint density at radius 1 is 1.10 bits per heavy atom. The van der Waals surface area contributed by atoms with Crippen LogP contribution in [0.4, 0.5) is 0 Å². The molecule has 1 amide bonds. The highest BCUT2D eigenvalue weighted by molar-refractivity contribution is 5.84. The molecule has 1 N–H and O–H groups in total. The third-order valence-electron chi connectivity index (χ3n) is 3.27. The Kier molecular flexibility index (Phi) is 3.21. The second kappa shape index (κ2) is 5.17. The Balaban J connectivity index is 2.20. The Labute approximate surface area is 117 Å². The van der Waals surface area contributed by atoms with Crippen molar-refractivity contribution < 1.29 is 4.79 Å². The highest BCUT2D eigenvalue weighted by atomic mass is 16.1. The summed E-state index contributed by atoms with van der Waals surface area (Å²) in [6.07, 6.45) is 0. The van der Waals surface area contributed by atoms with Gasteiger partial charge in [-0.25, -0.2) is 4.98 Å². The van der Waals surface area contributed by atoms with Gasteiger partial charge in [0.25, 0.3) is 0 Å². The molecule has 3 aromatic rings. The third kappa shape index (κ3) is 2.16. The van der Waals surface area contributed by atoms with Crippen molar-refractivity contribution in [1.82, 2.24) is 14.9 Å². The van der Waals surface area contributed by atoms with Crippen molar-refractivity contribution in [2.45, 2.75) is 6.54 Å². The number of carbonyl (C=O) groups is 1. The summed E-state index contributed by atoms with van der Waals surface area (Å²) in [6.45, 7) is 0.265. The van der Waals surface area contributed by atoms with Gasteiger partial charge in [-0.3, -0.25) is 4.79 Å². The Bertz CT molecular complexity index is 747. The maximum Gasteiger partial charge on any atom is 0.239 e. The van der Waals surface area contributed by atoms with Crippen LogP contribution in [0.15, 0.2) is 54.6 Å². The molecule has 100 valence electrons. The third-order valence-corrected chi connectivity index (χ3v) is 3.27. The van der Waals surface area contributed by atoms with Crippen LogP contribution in [0.5, 0.6) is 0 Å². The number of rotatable bonds is 3. The maximum absolute atomic E-state index is 11.7. The number of hydrogen-bond donors (Lipinski definition) is 1. The summed E-state index contributed by atoms with van der Waals surface area (Å²) in [5.74, 6) is 0.778. The Hall–Kier alpha value is -2.62. The van der Waals surface area contributed by atoms with Crippen LogP contribution in [0.3, 0.4) is 0 Å². The van der Waals surface area contributed by atoms with Crippen molar-refractivity contribution >= 4 is 16.9 Å². The van der Waals surface area contributed by atoms with Gasteiger partial charge in [-0.2, -0.15) is 0 Å². The largest absolute Gasteiger partial charge is 0.358 e. The normalized spacial score (nSPS) is 10.7. The molecule has 1 heterocycles. The second-order valence-electron chi connectivity index (χ2n) is 4.55. The predicted octanol–water partition coefficient (Wildman–Crippen LogP) is 2.45. The summed E-state index contributed by atoms with van der Waals surface area (Å²) in [5, 5.41) is 2.66. The quantitative estimate of drug-likeness (QED) is 0.790. The minimum atomic E-state index is -0.0367. The van der Waals surface area contributed by atoms with E-state index in [1.165, 1.54) is 0 Å². The molecular formula is C16H15N3O. The zero-order valence-electron chi connectivity index (χ0n) is 11.2. The lowest BCUT2D eigenvalue weighted by Gasteiger charge is -2.08. The van der Waals surface area contributed by atoms with Gasteiger partial charge in [-0.15, -0.1) is 0 Å². The van der Waals surface area contributed by atoms with E-state index in [4.69, 9.17) is 0 Å². The van der Waals surface area contributed by atoms with Crippen molar-refractivity contribution in [3.8, 4) is 11.4 Å². The molecule has 4 heteroatoms. The van der Waals surface area contributed by atoms with Crippen LogP contribution >= 0.6 is 0 Å². The molecule has 0 saturated heterocycles. The number of nitrogens with zero attached hydrogens (tertiary/aromatic N) is 2. The van der Waals surface area contributed by atoms with Crippen molar-refractivity contribution in [3.63, 3.8) is 0 Å². The fourth-order valence-corrected chi connectivity index (χ4v) is 2.27. The van der Waals surface area contributed by atoms with E-state index in [2.05, 4.69) is 10.3 Å². The lowest BCUT2D eigenvalue weighted by atomic mass is 10.2. The number of fused-ring (bicyclic) bond motifs is 1. The van der Waals surface area contributed by atoms with E-state index in [0.29, 0.717) is 0 Å². The molecular weight excluding hydrogens is 250 g/mol. The van der Waals surface area contributed by atoms with Crippen LogP contribution in [0.2, 0.25) is 0 Å². The number of benzene rings is 2. The van der Waals surface area contributed by atoms with Crippen LogP contribution < -0.4 is 5.32 Å². The molecule has 4 nitrogen and oxygen atoms in total. The summed E-state index contributed by atoms with van der Waals surface area (Å²) in [6, 6.07) is 17.8. The van der Waals surface area contributed by atoms with E-state index in [1.54, 1.807) is 7.05 Å². The van der Waals surface area contributed by atoms with Crippen molar-refractivity contribution in [1.29, 1.82) is 0 Å². The van der Waals surface area contributed by atoms with Gasteiger partial charge < -0.3 is 9.88 Å². The fourth-order valence-electron chi connectivity index (χ4n) is 2.27. The van der Waals surface area contributed by atoms with Gasteiger partial charge in [-0.1, -0.05) is 42.5 Å². The first-order chi connectivity index (χ1) is 9.79. The van der Waals surface area contributed by atoms with Crippen LogP contribution in [0.1, 0.15) is 0 Å². The molecule has 2 aromatic carbocycles. The maximum atomic E-state index is 11.7. The van der Waals surface area contributed by atoms with E-state index in [9.17, 15) is 4.79 Å². The lowest BCUT2D eigenvalue weighted by molar-refractivity contribution is -0.121. The van der Waals surface area contributed by atoms with Crippen LogP contribution in [0.25, 0.3) is 22.4 Å². The molecule has 0 atom stereocenters. The molecule has 1 aromatic heterocycles. The highest BCUT2D eigenvalue weighted by Crippen LogP contribution is 2.24. The van der Waals surface area contributed by atoms with Gasteiger partial charge in [-0.05, 0) is 12.1 Å². The van der Waals surface area contributed by atoms with Crippen molar-refractivity contribution in [2.24, 2.45) is 0 Å². The minimum absolute atomic E-state index is 0.0367. The Morgan fingerprint density at radius 3 is 2.55 bits per heavy atom. The van der Waals surface area contributed by atoms with Crippen molar-refractivity contribution in [2.75, 3.05) is 7.05 Å². The van der Waals surface area contributed by atoms with E-state index < -0.39 is 0 Å². The van der Waals surface area contributed by atoms with Gasteiger partial charge in [0.05, 0.1) is 11.0 Å². The smallest absolute Gasteiger partial charge is 0.239 e. The average molecular weight is 265 g/mol. The predicted molar refractivity (Wildman–Crippen MR) is 79.2 cm³/mol. The van der Waals surface area contributed by atoms with E-state index >= 15 is 0 Å². The van der Waals surface area contributed by atoms with Gasteiger partial charge in [0.15, 0.2) is 0 Å². The molecule has 0 aliphatic carbocycles. The molecule has 0 unspecified atom stereocenters. The summed E-state index contributed by atoms with van der Waals surface area (Å²) in [5.41, 5.74) is 2.87. The van der Waals surface area contributed by atoms with Gasteiger partial charge in [0.1, 0.15) is 12.4 Å². The fraction of sp³-hybridized carbons (Fsp3) is 0.125. The highest BCUT2D eigenvalue weighted by Gasteiger charge is 2.13. The lowest BCUT2D eigenvalue weighted by Crippen LogP contribution is -2.23. The molecule has 0 spiro atoms. The number of nitrogens with one attached hydrogen (secondary N) is 1. The van der Waals surface area contributed by atoms with Crippen LogP contribution in [-0.2, 0) is 11.3 Å². The number of para-hydroxylation sites is 2. The first kappa shape index (κ1) is 12.4. The van der Waals surface area contributed by atoms with Gasteiger partial charge >= 0.3 is 0 Å². The molecule has 0 radical (unpaired) electrons. The zero-order valence-corrected chi connectivity index (χ0v) is 11.2.